The van der Waals surface area contributed by atoms with E-state index in [0.29, 0.717) is 35.1 Å². The molecule has 0 radical (unpaired) electrons. The predicted molar refractivity (Wildman–Crippen MR) is 126 cm³/mol. The van der Waals surface area contributed by atoms with Crippen LogP contribution in [-0.4, -0.2) is 20.6 Å². The second kappa shape index (κ2) is 8.33. The quantitative estimate of drug-likeness (QED) is 0.383. The van der Waals surface area contributed by atoms with Gasteiger partial charge in [0.05, 0.1) is 11.0 Å². The molecule has 0 bridgehead atoms. The first-order chi connectivity index (χ1) is 15.7. The van der Waals surface area contributed by atoms with E-state index in [1.165, 1.54) is 25.7 Å². The SMILES string of the molecule is Cc1ccc(S(=O)(=O)O[C@H]2CC[C@H]3[C@H]4CC[C@@H]5C[C@H](N[NH+]=[N-])CC[C@]5(C)[C@@H]4CC[C@]23C)cc1. The molecule has 0 heterocycles. The third kappa shape index (κ3) is 3.83. The van der Waals surface area contributed by atoms with E-state index in [1.54, 1.807) is 12.1 Å². The standard InChI is InChI=1S/C26H39N3O3S/c1-17-4-7-20(8-5-17)33(30,31)32-24-11-10-22-21-9-6-18-16-19(28-29-27)12-14-25(18,2)23(21)13-15-26(22,24)3/h4-5,7-8,18-19,21-24,29H,6,9-16H2,1-3H3,(H-,27,28)/t18-,19-,21-,22+,23-,24+,25+,26+/m1/s1. The molecule has 8 atom stereocenters. The summed E-state index contributed by atoms with van der Waals surface area (Å²) in [5.41, 5.74) is 13.4. The Labute approximate surface area is 198 Å². The lowest BCUT2D eigenvalue weighted by Crippen LogP contribution is -2.78. The Bertz CT molecular complexity index is 997. The number of hydrogen-bond acceptors (Lipinski definition) is 3. The Morgan fingerprint density at radius 3 is 2.39 bits per heavy atom. The Morgan fingerprint density at radius 2 is 1.67 bits per heavy atom. The predicted octanol–water partition coefficient (Wildman–Crippen LogP) is 4.09. The molecular weight excluding hydrogens is 434 g/mol. The lowest BCUT2D eigenvalue weighted by atomic mass is 9.45. The average molecular weight is 474 g/mol. The average Bonchev–Trinajstić information content (AvgIpc) is 3.10. The molecule has 4 fully saturated rings. The minimum atomic E-state index is -3.75. The number of nitrogens with one attached hydrogen (secondary N) is 2. The van der Waals surface area contributed by atoms with Crippen LogP contribution in [0.25, 0.3) is 5.53 Å². The summed E-state index contributed by atoms with van der Waals surface area (Å²) in [5.74, 6) is 2.62. The maximum Gasteiger partial charge on any atom is 0.297 e. The molecular formula is C26H39N3O3S. The maximum absolute atomic E-state index is 13.1. The van der Waals surface area contributed by atoms with E-state index >= 15 is 0 Å². The third-order valence-electron chi connectivity index (χ3n) is 10.4. The van der Waals surface area contributed by atoms with Gasteiger partial charge in [0.2, 0.25) is 0 Å². The van der Waals surface area contributed by atoms with Gasteiger partial charge in [-0.25, -0.2) is 0 Å². The van der Waals surface area contributed by atoms with Gasteiger partial charge < -0.3 is 0 Å². The Hall–Kier alpha value is -1.47. The van der Waals surface area contributed by atoms with Crippen molar-refractivity contribution in [1.29, 1.82) is 0 Å². The molecule has 0 amide bonds. The zero-order valence-corrected chi connectivity index (χ0v) is 21.0. The van der Waals surface area contributed by atoms with Gasteiger partial charge in [0, 0.05) is 6.04 Å². The molecule has 0 saturated heterocycles. The molecule has 6 nitrogen and oxygen atoms in total. The number of hydrogen-bond donors (Lipinski definition) is 2. The fourth-order valence-electron chi connectivity index (χ4n) is 8.50. The number of benzene rings is 1. The van der Waals surface area contributed by atoms with Crippen molar-refractivity contribution >= 4 is 10.1 Å². The molecule has 0 spiro atoms. The summed E-state index contributed by atoms with van der Waals surface area (Å²) < 4.78 is 32.1. The zero-order valence-electron chi connectivity index (χ0n) is 20.2. The van der Waals surface area contributed by atoms with Crippen LogP contribution in [-0.2, 0) is 14.3 Å². The molecule has 182 valence electrons. The molecule has 33 heavy (non-hydrogen) atoms. The summed E-state index contributed by atoms with van der Waals surface area (Å²) in [6.45, 7) is 6.78. The summed E-state index contributed by atoms with van der Waals surface area (Å²) in [6, 6.07) is 7.34. The van der Waals surface area contributed by atoms with Crippen LogP contribution in [0.5, 0.6) is 0 Å². The van der Waals surface area contributed by atoms with E-state index in [-0.39, 0.29) is 16.4 Å². The smallest absolute Gasteiger partial charge is 0.290 e. The largest absolute Gasteiger partial charge is 0.297 e. The van der Waals surface area contributed by atoms with Crippen LogP contribution in [0.2, 0.25) is 0 Å². The summed E-state index contributed by atoms with van der Waals surface area (Å²) in [6.07, 6.45) is 9.79. The molecule has 1 aromatic carbocycles. The highest BCUT2D eigenvalue weighted by Gasteiger charge is 2.61. The third-order valence-corrected chi connectivity index (χ3v) is 11.7. The fourth-order valence-corrected chi connectivity index (χ4v) is 9.71. The van der Waals surface area contributed by atoms with Crippen molar-refractivity contribution in [2.24, 2.45) is 34.5 Å². The molecule has 0 aromatic heterocycles. The van der Waals surface area contributed by atoms with E-state index in [2.05, 4.69) is 24.5 Å². The van der Waals surface area contributed by atoms with Crippen molar-refractivity contribution in [3.05, 3.63) is 35.4 Å². The van der Waals surface area contributed by atoms with E-state index < -0.39 is 10.1 Å². The summed E-state index contributed by atoms with van der Waals surface area (Å²) in [5, 5.41) is 2.16. The highest BCUT2D eigenvalue weighted by Crippen LogP contribution is 2.66. The van der Waals surface area contributed by atoms with Gasteiger partial charge in [0.25, 0.3) is 10.1 Å². The van der Waals surface area contributed by atoms with Gasteiger partial charge in [-0.1, -0.05) is 31.5 Å². The zero-order chi connectivity index (χ0) is 23.4. The van der Waals surface area contributed by atoms with Crippen LogP contribution in [0.4, 0.5) is 0 Å². The first-order valence-corrected chi connectivity index (χ1v) is 14.2. The molecule has 4 aliphatic rings. The molecule has 4 saturated carbocycles. The minimum Gasteiger partial charge on any atom is -0.290 e. The molecule has 1 aromatic rings. The summed E-state index contributed by atoms with van der Waals surface area (Å²) in [7, 11) is -3.75. The van der Waals surface area contributed by atoms with Gasteiger partial charge in [-0.3, -0.25) is 9.61 Å². The molecule has 4 aliphatic carbocycles. The maximum atomic E-state index is 13.1. The van der Waals surface area contributed by atoms with E-state index in [1.807, 2.05) is 19.1 Å². The van der Waals surface area contributed by atoms with Gasteiger partial charge in [0.1, 0.15) is 0 Å². The van der Waals surface area contributed by atoms with Gasteiger partial charge in [0.15, 0.2) is 0 Å². The normalized spacial score (nSPS) is 42.6. The Balaban J connectivity index is 1.33. The van der Waals surface area contributed by atoms with Crippen LogP contribution >= 0.6 is 0 Å². The van der Waals surface area contributed by atoms with Crippen LogP contribution in [0, 0.1) is 41.4 Å². The first-order valence-electron chi connectivity index (χ1n) is 12.8. The van der Waals surface area contributed by atoms with Crippen molar-refractivity contribution in [2.75, 3.05) is 0 Å². The lowest BCUT2D eigenvalue weighted by Gasteiger charge is -2.61. The summed E-state index contributed by atoms with van der Waals surface area (Å²) in [4.78, 5) is 0.268. The molecule has 0 aliphatic heterocycles. The Kier molecular flexibility index (Phi) is 5.88. The monoisotopic (exact) mass is 473 g/mol. The van der Waals surface area contributed by atoms with Gasteiger partial charge in [-0.2, -0.15) is 19.2 Å². The molecule has 7 heteroatoms. The molecule has 0 unspecified atom stereocenters. The van der Waals surface area contributed by atoms with Gasteiger partial charge in [-0.05, 0) is 111 Å². The molecule has 5 rings (SSSR count). The van der Waals surface area contributed by atoms with Crippen molar-refractivity contribution in [1.82, 2.24) is 5.43 Å². The fraction of sp³-hybridized carbons (Fsp3) is 0.769. The number of fused-ring (bicyclic) bond motifs is 5. The van der Waals surface area contributed by atoms with E-state index in [4.69, 9.17) is 9.71 Å². The van der Waals surface area contributed by atoms with Gasteiger partial charge >= 0.3 is 0 Å². The van der Waals surface area contributed by atoms with Crippen molar-refractivity contribution in [3.8, 4) is 0 Å². The van der Waals surface area contributed by atoms with Crippen LogP contribution in [0.3, 0.4) is 0 Å². The van der Waals surface area contributed by atoms with Crippen LogP contribution in [0.15, 0.2) is 29.2 Å². The number of aryl methyl sites for hydroxylation is 1. The van der Waals surface area contributed by atoms with E-state index in [9.17, 15) is 8.42 Å². The number of nitrogens with zero attached hydrogens (tertiary/aromatic N) is 1. The summed E-state index contributed by atoms with van der Waals surface area (Å²) >= 11 is 0. The van der Waals surface area contributed by atoms with Crippen molar-refractivity contribution in [2.45, 2.75) is 95.6 Å². The second-order valence-electron chi connectivity index (χ2n) is 11.9. The molecule has 2 N–H and O–H groups in total. The first kappa shape index (κ1) is 23.3. The Morgan fingerprint density at radius 1 is 0.970 bits per heavy atom. The minimum absolute atomic E-state index is 0.0678. The topological polar surface area (TPSA) is 91.7 Å². The van der Waals surface area contributed by atoms with Crippen LogP contribution in [0.1, 0.15) is 77.2 Å². The van der Waals surface area contributed by atoms with E-state index in [0.717, 1.165) is 37.7 Å². The van der Waals surface area contributed by atoms with Gasteiger partial charge in [-0.15, -0.1) is 0 Å². The highest BCUT2D eigenvalue weighted by atomic mass is 32.2. The number of hydrazine groups is 1. The van der Waals surface area contributed by atoms with Crippen LogP contribution < -0.4 is 10.6 Å². The number of rotatable bonds is 5. The lowest BCUT2D eigenvalue weighted by molar-refractivity contribution is -0.557. The van der Waals surface area contributed by atoms with Crippen molar-refractivity contribution in [3.63, 3.8) is 0 Å². The highest BCUT2D eigenvalue weighted by molar-refractivity contribution is 7.86. The van der Waals surface area contributed by atoms with Crippen molar-refractivity contribution < 1.29 is 17.8 Å². The second-order valence-corrected chi connectivity index (χ2v) is 13.4.